The van der Waals surface area contributed by atoms with Gasteiger partial charge in [0.15, 0.2) is 0 Å². The first-order valence-corrected chi connectivity index (χ1v) is 10.7. The third-order valence-corrected chi connectivity index (χ3v) is 5.53. The number of benzene rings is 2. The highest BCUT2D eigenvalue weighted by atomic mass is 19.4. The molecule has 0 spiro atoms. The Kier molecular flexibility index (Phi) is 7.46. The average molecular weight is 451 g/mol. The van der Waals surface area contributed by atoms with Crippen LogP contribution in [0.5, 0.6) is 5.75 Å². The number of nitrogens with zero attached hydrogens (tertiary/aromatic N) is 1. The number of piperidine rings is 1. The van der Waals surface area contributed by atoms with Crippen molar-refractivity contribution in [3.63, 3.8) is 0 Å². The molecule has 2 atom stereocenters. The lowest BCUT2D eigenvalue weighted by atomic mass is 9.81. The quantitative estimate of drug-likeness (QED) is 0.649. The summed E-state index contributed by atoms with van der Waals surface area (Å²) in [6, 6.07) is 13.6. The monoisotopic (exact) mass is 450 g/mol. The fourth-order valence-electron chi connectivity index (χ4n) is 4.05. The van der Waals surface area contributed by atoms with Crippen LogP contribution in [-0.4, -0.2) is 47.3 Å². The minimum atomic E-state index is -4.42. The summed E-state index contributed by atoms with van der Waals surface area (Å²) in [4.78, 5) is 14.4. The third-order valence-electron chi connectivity index (χ3n) is 5.53. The summed E-state index contributed by atoms with van der Waals surface area (Å²) in [6.45, 7) is 5.01. The number of likely N-dealkylation sites (tertiary alicyclic amines) is 1. The van der Waals surface area contributed by atoms with Crippen molar-refractivity contribution < 1.29 is 27.8 Å². The van der Waals surface area contributed by atoms with Gasteiger partial charge in [-0.25, -0.2) is 0 Å². The molecule has 0 aliphatic carbocycles. The first-order chi connectivity index (χ1) is 15.0. The van der Waals surface area contributed by atoms with Crippen LogP contribution in [0.4, 0.5) is 18.9 Å². The van der Waals surface area contributed by atoms with Crippen LogP contribution in [0.15, 0.2) is 54.6 Å². The summed E-state index contributed by atoms with van der Waals surface area (Å²) in [7, 11) is 0. The number of carbonyl (C=O) groups excluding carboxylic acids is 1. The second-order valence-corrected chi connectivity index (χ2v) is 8.73. The van der Waals surface area contributed by atoms with Gasteiger partial charge in [0.25, 0.3) is 0 Å². The van der Waals surface area contributed by atoms with Crippen LogP contribution in [0.25, 0.3) is 0 Å². The number of amides is 1. The van der Waals surface area contributed by atoms with Crippen LogP contribution in [0, 0.1) is 5.92 Å². The molecule has 1 heterocycles. The van der Waals surface area contributed by atoms with Crippen LogP contribution >= 0.6 is 0 Å². The van der Waals surface area contributed by atoms with E-state index < -0.39 is 23.4 Å². The number of nitrogens with one attached hydrogen (secondary N) is 1. The zero-order chi connectivity index (χ0) is 23.4. The van der Waals surface area contributed by atoms with Crippen molar-refractivity contribution in [2.45, 2.75) is 44.6 Å². The summed E-state index contributed by atoms with van der Waals surface area (Å²) < 4.78 is 44.2. The fraction of sp³-hybridized carbons (Fsp3) is 0.458. The van der Waals surface area contributed by atoms with Gasteiger partial charge in [-0.1, -0.05) is 32.0 Å². The highest BCUT2D eigenvalue weighted by Gasteiger charge is 2.43. The predicted molar refractivity (Wildman–Crippen MR) is 116 cm³/mol. The van der Waals surface area contributed by atoms with Gasteiger partial charge in [-0.15, -0.1) is 0 Å². The number of hydrogen-bond acceptors (Lipinski definition) is 4. The van der Waals surface area contributed by atoms with E-state index in [9.17, 15) is 23.1 Å². The van der Waals surface area contributed by atoms with Crippen LogP contribution in [0.3, 0.4) is 0 Å². The van der Waals surface area contributed by atoms with Gasteiger partial charge in [-0.3, -0.25) is 9.69 Å². The van der Waals surface area contributed by atoms with Crippen molar-refractivity contribution in [3.8, 4) is 5.75 Å². The molecule has 2 aromatic rings. The van der Waals surface area contributed by atoms with Gasteiger partial charge < -0.3 is 15.2 Å². The van der Waals surface area contributed by atoms with E-state index in [1.165, 1.54) is 12.1 Å². The number of alkyl halides is 3. The molecule has 0 bridgehead atoms. The summed E-state index contributed by atoms with van der Waals surface area (Å²) >= 11 is 0. The lowest BCUT2D eigenvalue weighted by Crippen LogP contribution is -2.59. The molecule has 1 saturated heterocycles. The number of ether oxygens (including phenoxy) is 1. The Labute approximate surface area is 186 Å². The molecule has 174 valence electrons. The number of rotatable bonds is 7. The van der Waals surface area contributed by atoms with Gasteiger partial charge in [0, 0.05) is 18.8 Å². The molecule has 0 unspecified atom stereocenters. The Balaban J connectivity index is 1.63. The number of halogens is 3. The van der Waals surface area contributed by atoms with Gasteiger partial charge in [0.05, 0.1) is 12.1 Å². The van der Waals surface area contributed by atoms with Crippen molar-refractivity contribution in [1.29, 1.82) is 0 Å². The molecule has 0 aromatic heterocycles. The highest BCUT2D eigenvalue weighted by Crippen LogP contribution is 2.33. The van der Waals surface area contributed by atoms with Crippen molar-refractivity contribution in [3.05, 3.63) is 60.2 Å². The van der Waals surface area contributed by atoms with Gasteiger partial charge in [-0.05, 0) is 55.2 Å². The van der Waals surface area contributed by atoms with E-state index in [0.717, 1.165) is 12.1 Å². The van der Waals surface area contributed by atoms with Crippen LogP contribution in [0.2, 0.25) is 0 Å². The second-order valence-electron chi connectivity index (χ2n) is 8.73. The van der Waals surface area contributed by atoms with Crippen molar-refractivity contribution >= 4 is 11.6 Å². The molecule has 2 N–H and O–H groups in total. The van der Waals surface area contributed by atoms with Crippen LogP contribution < -0.4 is 10.1 Å². The Bertz CT molecular complexity index is 888. The number of hydrogen-bond donors (Lipinski definition) is 2. The average Bonchev–Trinajstić information content (AvgIpc) is 2.71. The molecule has 8 heteroatoms. The second kappa shape index (κ2) is 9.92. The zero-order valence-corrected chi connectivity index (χ0v) is 18.2. The molecular weight excluding hydrogens is 421 g/mol. The van der Waals surface area contributed by atoms with Crippen LogP contribution in [-0.2, 0) is 11.0 Å². The topological polar surface area (TPSA) is 61.8 Å². The molecule has 5 nitrogen and oxygen atoms in total. The summed E-state index contributed by atoms with van der Waals surface area (Å²) in [6.07, 6.45) is -3.90. The normalized spacial score (nSPS) is 22.0. The molecule has 0 saturated carbocycles. The molecular formula is C24H29F3N2O3. The first-order valence-electron chi connectivity index (χ1n) is 10.7. The molecule has 1 amide bonds. The van der Waals surface area contributed by atoms with E-state index in [2.05, 4.69) is 5.32 Å². The molecule has 1 fully saturated rings. The number of aliphatic hydroxyl groups is 1. The molecule has 1 aliphatic heterocycles. The Morgan fingerprint density at radius 3 is 2.44 bits per heavy atom. The lowest BCUT2D eigenvalue weighted by Gasteiger charge is -2.45. The molecule has 3 rings (SSSR count). The van der Waals surface area contributed by atoms with E-state index in [1.54, 1.807) is 0 Å². The minimum absolute atomic E-state index is 0.0490. The molecule has 32 heavy (non-hydrogen) atoms. The number of carbonyl (C=O) groups is 1. The summed E-state index contributed by atoms with van der Waals surface area (Å²) in [5.41, 5.74) is -1.48. The van der Waals surface area contributed by atoms with E-state index >= 15 is 0 Å². The number of para-hydroxylation sites is 1. The maximum Gasteiger partial charge on any atom is 0.416 e. The van der Waals surface area contributed by atoms with E-state index in [0.29, 0.717) is 37.4 Å². The lowest BCUT2D eigenvalue weighted by molar-refractivity contribution is -0.137. The smallest absolute Gasteiger partial charge is 0.416 e. The predicted octanol–water partition coefficient (Wildman–Crippen LogP) is 4.57. The Morgan fingerprint density at radius 1 is 1.19 bits per heavy atom. The SMILES string of the molecule is CC(C)C[C@]1(O)CCN(CC(=O)Nc2ccc(C(F)(F)F)cc2)C[C@@H]1Oc1ccccc1. The standard InChI is InChI=1S/C24H29F3N2O3/c1-17(2)14-23(31)12-13-29(15-21(23)32-20-6-4-3-5-7-20)16-22(30)28-19-10-8-18(9-11-19)24(25,26)27/h3-11,17,21,31H,12-16H2,1-2H3,(H,28,30)/t21-,23+/m0/s1. The largest absolute Gasteiger partial charge is 0.486 e. The highest BCUT2D eigenvalue weighted by molar-refractivity contribution is 5.92. The van der Waals surface area contributed by atoms with Gasteiger partial charge >= 0.3 is 6.18 Å². The van der Waals surface area contributed by atoms with Gasteiger partial charge in [0.1, 0.15) is 17.5 Å². The Hall–Kier alpha value is -2.58. The number of anilines is 1. The summed E-state index contributed by atoms with van der Waals surface area (Å²) in [5, 5.41) is 13.9. The molecule has 2 aromatic carbocycles. The maximum absolute atomic E-state index is 12.7. The van der Waals surface area contributed by atoms with Gasteiger partial charge in [0.2, 0.25) is 5.91 Å². The van der Waals surface area contributed by atoms with Crippen molar-refractivity contribution in [1.82, 2.24) is 4.90 Å². The van der Waals surface area contributed by atoms with E-state index in [-0.39, 0.29) is 18.4 Å². The first kappa shape index (κ1) is 24.1. The van der Waals surface area contributed by atoms with Crippen molar-refractivity contribution in [2.75, 3.05) is 25.0 Å². The Morgan fingerprint density at radius 2 is 1.84 bits per heavy atom. The summed E-state index contributed by atoms with van der Waals surface area (Å²) in [5.74, 6) is 0.588. The molecule has 0 radical (unpaired) electrons. The molecule has 1 aliphatic rings. The van der Waals surface area contributed by atoms with E-state index in [4.69, 9.17) is 4.74 Å². The third kappa shape index (κ3) is 6.46. The minimum Gasteiger partial charge on any atom is -0.486 e. The fourth-order valence-corrected chi connectivity index (χ4v) is 4.05. The maximum atomic E-state index is 12.7. The zero-order valence-electron chi connectivity index (χ0n) is 18.2. The van der Waals surface area contributed by atoms with Gasteiger partial charge in [-0.2, -0.15) is 13.2 Å². The van der Waals surface area contributed by atoms with Crippen molar-refractivity contribution in [2.24, 2.45) is 5.92 Å². The van der Waals surface area contributed by atoms with E-state index in [1.807, 2.05) is 49.1 Å². The van der Waals surface area contributed by atoms with Crippen LogP contribution in [0.1, 0.15) is 32.3 Å².